The van der Waals surface area contributed by atoms with Gasteiger partial charge in [0, 0.05) is 19.1 Å². The summed E-state index contributed by atoms with van der Waals surface area (Å²) in [5.74, 6) is 0.851. The molecular formula is C18H27ClN2. The van der Waals surface area contributed by atoms with Crippen LogP contribution in [-0.2, 0) is 0 Å². The number of rotatable bonds is 2. The van der Waals surface area contributed by atoms with E-state index in [4.69, 9.17) is 11.6 Å². The number of aryl methyl sites for hydroxylation is 1. The molecule has 2 nitrogen and oxygen atoms in total. The van der Waals surface area contributed by atoms with E-state index in [9.17, 15) is 0 Å². The molecule has 1 aromatic rings. The predicted molar refractivity (Wildman–Crippen MR) is 91.4 cm³/mol. The van der Waals surface area contributed by atoms with E-state index in [1.54, 1.807) is 0 Å². The van der Waals surface area contributed by atoms with Crippen LogP contribution in [-0.4, -0.2) is 25.7 Å². The Morgan fingerprint density at radius 1 is 1.14 bits per heavy atom. The third-order valence-electron chi connectivity index (χ3n) is 5.09. The molecule has 0 spiro atoms. The molecule has 1 aromatic carbocycles. The first kappa shape index (κ1) is 15.2. The van der Waals surface area contributed by atoms with Crippen molar-refractivity contribution in [2.45, 2.75) is 51.5 Å². The van der Waals surface area contributed by atoms with E-state index in [2.05, 4.69) is 35.3 Å². The molecule has 1 aliphatic heterocycles. The number of halogens is 1. The van der Waals surface area contributed by atoms with Crippen LogP contribution in [0.1, 0.15) is 44.1 Å². The lowest BCUT2D eigenvalue weighted by atomic mass is 9.83. The van der Waals surface area contributed by atoms with Gasteiger partial charge in [0.05, 0.1) is 10.7 Å². The van der Waals surface area contributed by atoms with Crippen LogP contribution in [0.25, 0.3) is 0 Å². The molecule has 3 heteroatoms. The Labute approximate surface area is 133 Å². The summed E-state index contributed by atoms with van der Waals surface area (Å²) in [6, 6.07) is 7.09. The molecule has 0 amide bonds. The molecule has 21 heavy (non-hydrogen) atoms. The first-order valence-corrected chi connectivity index (χ1v) is 8.86. The van der Waals surface area contributed by atoms with Crippen molar-refractivity contribution >= 4 is 17.3 Å². The normalized spacial score (nSPS) is 24.9. The lowest BCUT2D eigenvalue weighted by Gasteiger charge is -2.34. The Hall–Kier alpha value is -0.730. The van der Waals surface area contributed by atoms with Gasteiger partial charge >= 0.3 is 0 Å². The molecule has 3 rings (SSSR count). The third kappa shape index (κ3) is 3.73. The van der Waals surface area contributed by atoms with Gasteiger partial charge in [-0.25, -0.2) is 0 Å². The SMILES string of the molecule is Cc1ccc(N2CCCNC(C3CCCCC3)C2)c(Cl)c1. The molecule has 2 aliphatic rings. The molecule has 1 aliphatic carbocycles. The Bertz CT molecular complexity index is 468. The number of nitrogens with zero attached hydrogens (tertiary/aromatic N) is 1. The molecular weight excluding hydrogens is 280 g/mol. The molecule has 0 bridgehead atoms. The predicted octanol–water partition coefficient (Wildman–Crippen LogP) is 4.40. The Balaban J connectivity index is 1.75. The molecule has 1 N–H and O–H groups in total. The first-order valence-electron chi connectivity index (χ1n) is 8.48. The van der Waals surface area contributed by atoms with Crippen molar-refractivity contribution in [3.63, 3.8) is 0 Å². The largest absolute Gasteiger partial charge is 0.369 e. The maximum atomic E-state index is 6.49. The third-order valence-corrected chi connectivity index (χ3v) is 5.39. The topological polar surface area (TPSA) is 15.3 Å². The summed E-state index contributed by atoms with van der Waals surface area (Å²) in [5.41, 5.74) is 2.45. The van der Waals surface area contributed by atoms with Crippen LogP contribution >= 0.6 is 11.6 Å². The fourth-order valence-corrected chi connectivity index (χ4v) is 4.24. The van der Waals surface area contributed by atoms with Gasteiger partial charge in [-0.3, -0.25) is 0 Å². The highest BCUT2D eigenvalue weighted by atomic mass is 35.5. The molecule has 1 heterocycles. The van der Waals surface area contributed by atoms with Crippen LogP contribution in [0.15, 0.2) is 18.2 Å². The van der Waals surface area contributed by atoms with Crippen molar-refractivity contribution in [3.8, 4) is 0 Å². The molecule has 1 saturated heterocycles. The van der Waals surface area contributed by atoms with Crippen LogP contribution in [0.2, 0.25) is 5.02 Å². The number of nitrogens with one attached hydrogen (secondary N) is 1. The highest BCUT2D eigenvalue weighted by molar-refractivity contribution is 6.33. The average molecular weight is 307 g/mol. The maximum absolute atomic E-state index is 6.49. The quantitative estimate of drug-likeness (QED) is 0.871. The summed E-state index contributed by atoms with van der Waals surface area (Å²) < 4.78 is 0. The number of hydrogen-bond donors (Lipinski definition) is 1. The summed E-state index contributed by atoms with van der Waals surface area (Å²) >= 11 is 6.49. The van der Waals surface area contributed by atoms with E-state index < -0.39 is 0 Å². The molecule has 2 fully saturated rings. The molecule has 1 unspecified atom stereocenters. The molecule has 0 radical (unpaired) electrons. The van der Waals surface area contributed by atoms with Crippen molar-refractivity contribution in [2.24, 2.45) is 5.92 Å². The standard InChI is InChI=1S/C18H27ClN2/c1-14-8-9-18(16(19)12-14)21-11-5-10-20-17(13-21)15-6-3-2-4-7-15/h8-9,12,15,17,20H,2-7,10-11,13H2,1H3. The highest BCUT2D eigenvalue weighted by Crippen LogP contribution is 2.31. The van der Waals surface area contributed by atoms with Gasteiger partial charge in [-0.05, 0) is 56.3 Å². The summed E-state index contributed by atoms with van der Waals surface area (Å²) in [5, 5.41) is 4.70. The fourth-order valence-electron chi connectivity index (χ4n) is 3.89. The molecule has 1 saturated carbocycles. The van der Waals surface area contributed by atoms with Gasteiger partial charge in [-0.1, -0.05) is 36.9 Å². The number of anilines is 1. The van der Waals surface area contributed by atoms with Crippen molar-refractivity contribution in [1.29, 1.82) is 0 Å². The van der Waals surface area contributed by atoms with Gasteiger partial charge in [0.1, 0.15) is 0 Å². The fraction of sp³-hybridized carbons (Fsp3) is 0.667. The first-order chi connectivity index (χ1) is 10.2. The van der Waals surface area contributed by atoms with Crippen molar-refractivity contribution in [3.05, 3.63) is 28.8 Å². The Kier molecular flexibility index (Phi) is 5.07. The second-order valence-electron chi connectivity index (χ2n) is 6.71. The van der Waals surface area contributed by atoms with E-state index in [1.807, 2.05) is 0 Å². The van der Waals surface area contributed by atoms with Gasteiger partial charge in [-0.2, -0.15) is 0 Å². The van der Waals surface area contributed by atoms with Gasteiger partial charge in [-0.15, -0.1) is 0 Å². The lowest BCUT2D eigenvalue weighted by Crippen LogP contribution is -2.43. The molecule has 116 valence electrons. The second-order valence-corrected chi connectivity index (χ2v) is 7.12. The van der Waals surface area contributed by atoms with Crippen LogP contribution < -0.4 is 10.2 Å². The van der Waals surface area contributed by atoms with Gasteiger partial charge in [0.15, 0.2) is 0 Å². The summed E-state index contributed by atoms with van der Waals surface area (Å²) in [7, 11) is 0. The monoisotopic (exact) mass is 306 g/mol. The van der Waals surface area contributed by atoms with E-state index >= 15 is 0 Å². The van der Waals surface area contributed by atoms with Gasteiger partial charge in [0.25, 0.3) is 0 Å². The smallest absolute Gasteiger partial charge is 0.0642 e. The minimum Gasteiger partial charge on any atom is -0.369 e. The van der Waals surface area contributed by atoms with E-state index in [0.717, 1.165) is 30.6 Å². The maximum Gasteiger partial charge on any atom is 0.0642 e. The Morgan fingerprint density at radius 2 is 1.95 bits per heavy atom. The zero-order valence-electron chi connectivity index (χ0n) is 13.1. The highest BCUT2D eigenvalue weighted by Gasteiger charge is 2.27. The van der Waals surface area contributed by atoms with E-state index in [-0.39, 0.29) is 0 Å². The molecule has 0 aromatic heterocycles. The lowest BCUT2D eigenvalue weighted by molar-refractivity contribution is 0.277. The minimum atomic E-state index is 0.630. The minimum absolute atomic E-state index is 0.630. The van der Waals surface area contributed by atoms with Crippen LogP contribution in [0, 0.1) is 12.8 Å². The zero-order chi connectivity index (χ0) is 14.7. The second kappa shape index (κ2) is 7.02. The summed E-state index contributed by atoms with van der Waals surface area (Å²) in [6.45, 7) is 5.46. The van der Waals surface area contributed by atoms with Crippen LogP contribution in [0.4, 0.5) is 5.69 Å². The van der Waals surface area contributed by atoms with Gasteiger partial charge in [0.2, 0.25) is 0 Å². The van der Waals surface area contributed by atoms with Crippen molar-refractivity contribution in [1.82, 2.24) is 5.32 Å². The molecule has 1 atom stereocenters. The zero-order valence-corrected chi connectivity index (χ0v) is 13.8. The van der Waals surface area contributed by atoms with Crippen molar-refractivity contribution in [2.75, 3.05) is 24.5 Å². The number of hydrogen-bond acceptors (Lipinski definition) is 2. The van der Waals surface area contributed by atoms with E-state index in [1.165, 1.54) is 49.8 Å². The van der Waals surface area contributed by atoms with Crippen LogP contribution in [0.5, 0.6) is 0 Å². The summed E-state index contributed by atoms with van der Waals surface area (Å²) in [4.78, 5) is 2.50. The van der Waals surface area contributed by atoms with Crippen molar-refractivity contribution < 1.29 is 0 Å². The number of benzene rings is 1. The van der Waals surface area contributed by atoms with E-state index in [0.29, 0.717) is 6.04 Å². The Morgan fingerprint density at radius 3 is 2.71 bits per heavy atom. The van der Waals surface area contributed by atoms with Gasteiger partial charge < -0.3 is 10.2 Å². The average Bonchev–Trinajstić information content (AvgIpc) is 2.74. The van der Waals surface area contributed by atoms with Crippen LogP contribution in [0.3, 0.4) is 0 Å². The summed E-state index contributed by atoms with van der Waals surface area (Å²) in [6.07, 6.45) is 8.24.